The van der Waals surface area contributed by atoms with Crippen molar-refractivity contribution in [1.29, 1.82) is 0 Å². The number of nitrogens with one attached hydrogen (secondary N) is 1. The fraction of sp³-hybridized carbons (Fsp3) is 0.333. The van der Waals surface area contributed by atoms with Gasteiger partial charge in [0.2, 0.25) is 5.13 Å². The van der Waals surface area contributed by atoms with Gasteiger partial charge < -0.3 is 10.1 Å². The van der Waals surface area contributed by atoms with Crippen LogP contribution in [0, 0.1) is 3.95 Å². The molecule has 0 atom stereocenters. The molecule has 1 aromatic carbocycles. The van der Waals surface area contributed by atoms with Crippen molar-refractivity contribution in [2.24, 2.45) is 0 Å². The molecule has 0 aliphatic rings. The Morgan fingerprint density at radius 3 is 2.82 bits per heavy atom. The minimum Gasteiger partial charge on any atom is -0.497 e. The Balaban J connectivity index is 1.96. The van der Waals surface area contributed by atoms with Crippen LogP contribution in [-0.2, 0) is 13.2 Å². The first-order chi connectivity index (χ1) is 10.6. The van der Waals surface area contributed by atoms with E-state index < -0.39 is 0 Å². The molecule has 5 nitrogen and oxygen atoms in total. The van der Waals surface area contributed by atoms with Crippen LogP contribution in [0.4, 0.5) is 5.13 Å². The van der Waals surface area contributed by atoms with E-state index in [1.165, 1.54) is 16.9 Å². The third-order valence-electron chi connectivity index (χ3n) is 2.99. The molecule has 118 valence electrons. The van der Waals surface area contributed by atoms with Crippen LogP contribution in [0.25, 0.3) is 0 Å². The average molecular weight is 336 g/mol. The Hall–Kier alpha value is -1.70. The highest BCUT2D eigenvalue weighted by Crippen LogP contribution is 2.16. The molecule has 7 heteroatoms. The number of methoxy groups -OCH3 is 1. The van der Waals surface area contributed by atoms with E-state index in [0.29, 0.717) is 13.2 Å². The summed E-state index contributed by atoms with van der Waals surface area (Å²) in [6, 6.07) is 8.06. The molecule has 0 aliphatic heterocycles. The summed E-state index contributed by atoms with van der Waals surface area (Å²) in [6.07, 6.45) is 1.80. The molecule has 1 heterocycles. The predicted octanol–water partition coefficient (Wildman–Crippen LogP) is 3.37. The Bertz CT molecular complexity index is 663. The number of rotatable bonds is 8. The monoisotopic (exact) mass is 336 g/mol. The number of anilines is 1. The Labute approximate surface area is 139 Å². The molecule has 0 amide bonds. The number of aromatic nitrogens is 2. The second-order valence-corrected chi connectivity index (χ2v) is 6.47. The highest BCUT2D eigenvalue weighted by atomic mass is 32.1. The number of ether oxygens (including phenoxy) is 1. The van der Waals surface area contributed by atoms with Gasteiger partial charge >= 0.3 is 0 Å². The number of nitrogens with zero attached hydrogens (tertiary/aromatic N) is 3. The standard InChI is InChI=1S/C15H20N4OS2/c1-4-9-16-14-17-19(15(21)22-14)11-18(2)10-12-5-7-13(20-3)8-6-12/h4-8H,1,9-11H2,2-3H3,(H,16,17). The fourth-order valence-corrected chi connectivity index (χ4v) is 2.95. The molecular formula is C15H20N4OS2. The van der Waals surface area contributed by atoms with Crippen molar-refractivity contribution < 1.29 is 4.74 Å². The quantitative estimate of drug-likeness (QED) is 0.591. The van der Waals surface area contributed by atoms with E-state index in [1.807, 2.05) is 23.9 Å². The minimum atomic E-state index is 0.650. The lowest BCUT2D eigenvalue weighted by atomic mass is 10.2. The van der Waals surface area contributed by atoms with E-state index in [9.17, 15) is 0 Å². The zero-order valence-corrected chi connectivity index (χ0v) is 14.4. The maximum atomic E-state index is 5.35. The normalized spacial score (nSPS) is 10.7. The first kappa shape index (κ1) is 16.7. The lowest BCUT2D eigenvalue weighted by molar-refractivity contribution is 0.245. The SMILES string of the molecule is C=CCNc1nn(CN(C)Cc2ccc(OC)cc2)c(=S)s1. The van der Waals surface area contributed by atoms with E-state index in [-0.39, 0.29) is 0 Å². The molecule has 0 radical (unpaired) electrons. The van der Waals surface area contributed by atoms with E-state index in [4.69, 9.17) is 17.0 Å². The molecule has 0 fully saturated rings. The van der Waals surface area contributed by atoms with Crippen molar-refractivity contribution in [3.63, 3.8) is 0 Å². The molecule has 2 rings (SSSR count). The molecule has 0 spiro atoms. The van der Waals surface area contributed by atoms with Gasteiger partial charge in [0.05, 0.1) is 13.8 Å². The molecular weight excluding hydrogens is 316 g/mol. The van der Waals surface area contributed by atoms with Crippen LogP contribution < -0.4 is 10.1 Å². The van der Waals surface area contributed by atoms with Gasteiger partial charge in [-0.2, -0.15) is 0 Å². The van der Waals surface area contributed by atoms with Gasteiger partial charge in [-0.05, 0) is 37.0 Å². The highest BCUT2D eigenvalue weighted by molar-refractivity contribution is 7.73. The second-order valence-electron chi connectivity index (χ2n) is 4.85. The van der Waals surface area contributed by atoms with Gasteiger partial charge in [-0.1, -0.05) is 29.5 Å². The van der Waals surface area contributed by atoms with Crippen molar-refractivity contribution in [2.45, 2.75) is 13.2 Å². The molecule has 1 aromatic heterocycles. The fourth-order valence-electron chi connectivity index (χ4n) is 1.95. The molecule has 0 saturated carbocycles. The summed E-state index contributed by atoms with van der Waals surface area (Å²) in [5.74, 6) is 0.867. The zero-order valence-electron chi connectivity index (χ0n) is 12.8. The molecule has 1 N–H and O–H groups in total. The van der Waals surface area contributed by atoms with E-state index in [2.05, 4.69) is 34.0 Å². The summed E-state index contributed by atoms with van der Waals surface area (Å²) in [6.45, 7) is 5.83. The van der Waals surface area contributed by atoms with Gasteiger partial charge in [0, 0.05) is 13.1 Å². The van der Waals surface area contributed by atoms with Gasteiger partial charge in [-0.15, -0.1) is 11.7 Å². The lowest BCUT2D eigenvalue weighted by Crippen LogP contribution is -2.22. The van der Waals surface area contributed by atoms with Crippen molar-refractivity contribution in [1.82, 2.24) is 14.7 Å². The van der Waals surface area contributed by atoms with Gasteiger partial charge in [-0.3, -0.25) is 4.90 Å². The molecule has 0 unspecified atom stereocenters. The zero-order chi connectivity index (χ0) is 15.9. The van der Waals surface area contributed by atoms with Crippen molar-refractivity contribution >= 4 is 28.7 Å². The minimum absolute atomic E-state index is 0.650. The topological polar surface area (TPSA) is 42.3 Å². The highest BCUT2D eigenvalue weighted by Gasteiger charge is 2.06. The summed E-state index contributed by atoms with van der Waals surface area (Å²) < 4.78 is 7.75. The van der Waals surface area contributed by atoms with Crippen LogP contribution in [0.1, 0.15) is 5.56 Å². The van der Waals surface area contributed by atoms with Crippen LogP contribution in [0.15, 0.2) is 36.9 Å². The van der Waals surface area contributed by atoms with Gasteiger partial charge in [0.25, 0.3) is 0 Å². The second kappa shape index (κ2) is 8.07. The molecule has 0 bridgehead atoms. The van der Waals surface area contributed by atoms with Crippen molar-refractivity contribution in [2.75, 3.05) is 26.0 Å². The third kappa shape index (κ3) is 4.66. The van der Waals surface area contributed by atoms with Gasteiger partial charge in [-0.25, -0.2) is 4.68 Å². The van der Waals surface area contributed by atoms with Crippen LogP contribution in [0.3, 0.4) is 0 Å². The largest absolute Gasteiger partial charge is 0.497 e. The predicted molar refractivity (Wildman–Crippen MR) is 94.1 cm³/mol. The molecule has 0 saturated heterocycles. The Kier molecular flexibility index (Phi) is 6.11. The summed E-state index contributed by atoms with van der Waals surface area (Å²) in [7, 11) is 3.71. The maximum Gasteiger partial charge on any atom is 0.204 e. The lowest BCUT2D eigenvalue weighted by Gasteiger charge is -2.16. The first-order valence-electron chi connectivity index (χ1n) is 6.86. The van der Waals surface area contributed by atoms with E-state index in [0.717, 1.165) is 21.4 Å². The molecule has 0 aliphatic carbocycles. The van der Waals surface area contributed by atoms with Crippen molar-refractivity contribution in [3.8, 4) is 5.75 Å². The summed E-state index contributed by atoms with van der Waals surface area (Å²) in [5.41, 5.74) is 1.22. The summed E-state index contributed by atoms with van der Waals surface area (Å²) >= 11 is 6.82. The van der Waals surface area contributed by atoms with E-state index in [1.54, 1.807) is 13.2 Å². The van der Waals surface area contributed by atoms with Crippen LogP contribution in [-0.4, -0.2) is 35.4 Å². The smallest absolute Gasteiger partial charge is 0.204 e. The maximum absolute atomic E-state index is 5.35. The first-order valence-corrected chi connectivity index (χ1v) is 8.09. The number of benzene rings is 1. The molecule has 22 heavy (non-hydrogen) atoms. The number of hydrogen-bond donors (Lipinski definition) is 1. The van der Waals surface area contributed by atoms with E-state index >= 15 is 0 Å². The molecule has 2 aromatic rings. The van der Waals surface area contributed by atoms with Crippen LogP contribution in [0.2, 0.25) is 0 Å². The van der Waals surface area contributed by atoms with Gasteiger partial charge in [0.15, 0.2) is 3.95 Å². The number of hydrogen-bond acceptors (Lipinski definition) is 6. The van der Waals surface area contributed by atoms with Crippen LogP contribution in [0.5, 0.6) is 5.75 Å². The third-order valence-corrected chi connectivity index (χ3v) is 4.26. The Morgan fingerprint density at radius 2 is 2.18 bits per heavy atom. The van der Waals surface area contributed by atoms with Gasteiger partial charge in [0.1, 0.15) is 5.75 Å². The average Bonchev–Trinajstić information content (AvgIpc) is 2.86. The summed E-state index contributed by atoms with van der Waals surface area (Å²) in [5, 5.41) is 8.45. The van der Waals surface area contributed by atoms with Crippen LogP contribution >= 0.6 is 23.6 Å². The Morgan fingerprint density at radius 1 is 1.45 bits per heavy atom. The van der Waals surface area contributed by atoms with Crippen molar-refractivity contribution in [3.05, 3.63) is 46.4 Å². The summed E-state index contributed by atoms with van der Waals surface area (Å²) in [4.78, 5) is 2.16.